The smallest absolute Gasteiger partial charge is 0.251 e. The van der Waals surface area contributed by atoms with E-state index in [9.17, 15) is 22.4 Å². The third-order valence-corrected chi connectivity index (χ3v) is 2.77. The van der Waals surface area contributed by atoms with Crippen LogP contribution in [-0.2, 0) is 6.54 Å². The molecule has 2 rings (SSSR count). The van der Waals surface area contributed by atoms with Gasteiger partial charge in [-0.2, -0.15) is 0 Å². The number of carbonyl (C=O) groups excluding carboxylic acids is 1. The van der Waals surface area contributed by atoms with Crippen molar-refractivity contribution in [1.29, 1.82) is 0 Å². The van der Waals surface area contributed by atoms with Crippen LogP contribution in [-0.4, -0.2) is 5.91 Å². The van der Waals surface area contributed by atoms with Gasteiger partial charge >= 0.3 is 0 Å². The molecule has 0 aliphatic rings. The van der Waals surface area contributed by atoms with E-state index in [4.69, 9.17) is 5.73 Å². The number of hydrogen-bond acceptors (Lipinski definition) is 2. The fourth-order valence-electron chi connectivity index (χ4n) is 1.74. The molecule has 0 unspecified atom stereocenters. The first-order valence-corrected chi connectivity index (χ1v) is 5.85. The Hall–Kier alpha value is -2.57. The summed E-state index contributed by atoms with van der Waals surface area (Å²) in [7, 11) is 0. The number of carbonyl (C=O) groups is 1. The highest BCUT2D eigenvalue weighted by Crippen LogP contribution is 2.17. The molecular formula is C14H10F4N2O. The van der Waals surface area contributed by atoms with Gasteiger partial charge in [-0.25, -0.2) is 17.6 Å². The summed E-state index contributed by atoms with van der Waals surface area (Å²) in [6.07, 6.45) is 0. The van der Waals surface area contributed by atoms with E-state index in [1.807, 2.05) is 0 Å². The normalized spacial score (nSPS) is 10.5. The van der Waals surface area contributed by atoms with Crippen molar-refractivity contribution in [2.24, 2.45) is 5.73 Å². The van der Waals surface area contributed by atoms with Crippen molar-refractivity contribution in [2.45, 2.75) is 6.54 Å². The topological polar surface area (TPSA) is 55.1 Å². The van der Waals surface area contributed by atoms with Gasteiger partial charge in [0.2, 0.25) is 0 Å². The second-order valence-corrected chi connectivity index (χ2v) is 4.29. The van der Waals surface area contributed by atoms with E-state index < -0.39 is 29.2 Å². The van der Waals surface area contributed by atoms with Crippen LogP contribution >= 0.6 is 0 Å². The van der Waals surface area contributed by atoms with E-state index in [-0.39, 0.29) is 17.7 Å². The highest BCUT2D eigenvalue weighted by molar-refractivity contribution is 5.94. The van der Waals surface area contributed by atoms with Crippen molar-refractivity contribution in [3.05, 3.63) is 64.7 Å². The third kappa shape index (κ3) is 3.31. The molecule has 0 atom stereocenters. The third-order valence-electron chi connectivity index (χ3n) is 2.77. The average Bonchev–Trinajstić information content (AvgIpc) is 2.43. The van der Waals surface area contributed by atoms with Gasteiger partial charge in [-0.3, -0.25) is 4.79 Å². The number of nitrogens with one attached hydrogen (secondary N) is 1. The Balaban J connectivity index is 2.17. The molecule has 0 aromatic heterocycles. The molecule has 0 aliphatic heterocycles. The molecule has 0 aliphatic carbocycles. The standard InChI is InChI=1S/C14H10F4N2O/c15-10-2-1-8(5-9(10)14(19)21)20-6-7-3-11(16)13(18)12(17)4-7/h1-5,20H,6H2,(H2,19,21). The quantitative estimate of drug-likeness (QED) is 0.673. The molecule has 110 valence electrons. The summed E-state index contributed by atoms with van der Waals surface area (Å²) < 4.78 is 52.1. The molecule has 3 nitrogen and oxygen atoms in total. The molecule has 0 bridgehead atoms. The van der Waals surface area contributed by atoms with Crippen molar-refractivity contribution in [2.75, 3.05) is 5.32 Å². The number of nitrogens with two attached hydrogens (primary N) is 1. The maximum Gasteiger partial charge on any atom is 0.251 e. The largest absolute Gasteiger partial charge is 0.381 e. The van der Waals surface area contributed by atoms with Crippen LogP contribution in [0.15, 0.2) is 30.3 Å². The molecular weight excluding hydrogens is 288 g/mol. The first kappa shape index (κ1) is 14.8. The number of primary amides is 1. The number of rotatable bonds is 4. The van der Waals surface area contributed by atoms with Gasteiger partial charge < -0.3 is 11.1 Å². The average molecular weight is 298 g/mol. The first-order chi connectivity index (χ1) is 9.88. The van der Waals surface area contributed by atoms with Crippen LogP contribution in [0.2, 0.25) is 0 Å². The number of halogens is 4. The Morgan fingerprint density at radius 3 is 2.19 bits per heavy atom. The zero-order valence-corrected chi connectivity index (χ0v) is 10.6. The summed E-state index contributed by atoms with van der Waals surface area (Å²) in [6.45, 7) is -0.0437. The van der Waals surface area contributed by atoms with E-state index in [0.717, 1.165) is 18.2 Å². The van der Waals surface area contributed by atoms with Gasteiger partial charge in [-0.05, 0) is 35.9 Å². The van der Waals surface area contributed by atoms with Crippen LogP contribution in [0.3, 0.4) is 0 Å². The lowest BCUT2D eigenvalue weighted by molar-refractivity contribution is 0.0996. The van der Waals surface area contributed by atoms with Crippen LogP contribution < -0.4 is 11.1 Å². The lowest BCUT2D eigenvalue weighted by atomic mass is 10.1. The second kappa shape index (κ2) is 5.82. The van der Waals surface area contributed by atoms with E-state index in [2.05, 4.69) is 5.32 Å². The van der Waals surface area contributed by atoms with E-state index in [1.165, 1.54) is 12.1 Å². The summed E-state index contributed by atoms with van der Waals surface area (Å²) in [6, 6.07) is 5.22. The maximum absolute atomic E-state index is 13.3. The SMILES string of the molecule is NC(=O)c1cc(NCc2cc(F)c(F)c(F)c2)ccc1F. The highest BCUT2D eigenvalue weighted by Gasteiger charge is 2.11. The molecule has 2 aromatic rings. The van der Waals surface area contributed by atoms with Crippen LogP contribution in [0, 0.1) is 23.3 Å². The summed E-state index contributed by atoms with van der Waals surface area (Å²) in [5.74, 6) is -5.86. The summed E-state index contributed by atoms with van der Waals surface area (Å²) >= 11 is 0. The fraction of sp³-hybridized carbons (Fsp3) is 0.0714. The Morgan fingerprint density at radius 2 is 1.62 bits per heavy atom. The maximum atomic E-state index is 13.3. The highest BCUT2D eigenvalue weighted by atomic mass is 19.2. The zero-order valence-electron chi connectivity index (χ0n) is 10.6. The zero-order chi connectivity index (χ0) is 15.6. The minimum Gasteiger partial charge on any atom is -0.381 e. The lowest BCUT2D eigenvalue weighted by Gasteiger charge is -2.09. The summed E-state index contributed by atoms with van der Waals surface area (Å²) in [4.78, 5) is 11.0. The van der Waals surface area contributed by atoms with Crippen molar-refractivity contribution in [3.63, 3.8) is 0 Å². The van der Waals surface area contributed by atoms with Gasteiger partial charge in [0.1, 0.15) is 5.82 Å². The van der Waals surface area contributed by atoms with Crippen molar-refractivity contribution in [3.8, 4) is 0 Å². The molecule has 2 aromatic carbocycles. The van der Waals surface area contributed by atoms with Crippen LogP contribution in [0.4, 0.5) is 23.2 Å². The van der Waals surface area contributed by atoms with Crippen molar-refractivity contribution >= 4 is 11.6 Å². The van der Waals surface area contributed by atoms with E-state index in [0.29, 0.717) is 5.69 Å². The summed E-state index contributed by atoms with van der Waals surface area (Å²) in [5.41, 5.74) is 5.17. The van der Waals surface area contributed by atoms with Crippen molar-refractivity contribution < 1.29 is 22.4 Å². The van der Waals surface area contributed by atoms with Gasteiger partial charge in [0.05, 0.1) is 5.56 Å². The van der Waals surface area contributed by atoms with Gasteiger partial charge in [0.15, 0.2) is 17.5 Å². The Labute approximate surface area is 117 Å². The molecule has 0 heterocycles. The molecule has 7 heteroatoms. The van der Waals surface area contributed by atoms with Crippen LogP contribution in [0.5, 0.6) is 0 Å². The van der Waals surface area contributed by atoms with Gasteiger partial charge in [0.25, 0.3) is 5.91 Å². The lowest BCUT2D eigenvalue weighted by Crippen LogP contribution is -2.13. The fourth-order valence-corrected chi connectivity index (χ4v) is 1.74. The van der Waals surface area contributed by atoms with Crippen molar-refractivity contribution in [1.82, 2.24) is 0 Å². The van der Waals surface area contributed by atoms with Gasteiger partial charge in [-0.15, -0.1) is 0 Å². The number of hydrogen-bond donors (Lipinski definition) is 2. The number of benzene rings is 2. The molecule has 3 N–H and O–H groups in total. The predicted octanol–water partition coefficient (Wildman–Crippen LogP) is 2.95. The van der Waals surface area contributed by atoms with Crippen LogP contribution in [0.25, 0.3) is 0 Å². The molecule has 0 spiro atoms. The van der Waals surface area contributed by atoms with Crippen LogP contribution in [0.1, 0.15) is 15.9 Å². The Bertz CT molecular complexity index is 680. The summed E-state index contributed by atoms with van der Waals surface area (Å²) in [5, 5.41) is 2.73. The first-order valence-electron chi connectivity index (χ1n) is 5.85. The minimum atomic E-state index is -1.54. The number of amides is 1. The predicted molar refractivity (Wildman–Crippen MR) is 68.6 cm³/mol. The van der Waals surface area contributed by atoms with Gasteiger partial charge in [-0.1, -0.05) is 0 Å². The Morgan fingerprint density at radius 1 is 1.00 bits per heavy atom. The minimum absolute atomic E-state index is 0.0437. The Kier molecular flexibility index (Phi) is 4.11. The molecule has 0 saturated carbocycles. The van der Waals surface area contributed by atoms with E-state index in [1.54, 1.807) is 0 Å². The van der Waals surface area contributed by atoms with Gasteiger partial charge in [0, 0.05) is 12.2 Å². The monoisotopic (exact) mass is 298 g/mol. The molecule has 0 saturated heterocycles. The second-order valence-electron chi connectivity index (χ2n) is 4.29. The molecule has 0 fully saturated rings. The molecule has 1 amide bonds. The molecule has 0 radical (unpaired) electrons. The van der Waals surface area contributed by atoms with E-state index >= 15 is 0 Å². The number of anilines is 1. The molecule has 21 heavy (non-hydrogen) atoms.